The molecule has 1 aliphatic carbocycles. The number of carbonyl (C=O) groups excluding carboxylic acids is 1. The van der Waals surface area contributed by atoms with Crippen LogP contribution >= 0.6 is 24.0 Å². The number of carbonyl (C=O) groups is 1. The molecular weight excluding hydrogens is 238 g/mol. The SMILES string of the molecule is CC(NC(=O)CC1(CS)CC1)c1cccs1. The highest BCUT2D eigenvalue weighted by Gasteiger charge is 2.42. The van der Waals surface area contributed by atoms with Crippen molar-refractivity contribution in [2.24, 2.45) is 5.41 Å². The molecule has 0 radical (unpaired) electrons. The lowest BCUT2D eigenvalue weighted by Gasteiger charge is -2.15. The Morgan fingerprint density at radius 3 is 2.94 bits per heavy atom. The van der Waals surface area contributed by atoms with Gasteiger partial charge in [-0.15, -0.1) is 11.3 Å². The van der Waals surface area contributed by atoms with Gasteiger partial charge in [0.05, 0.1) is 6.04 Å². The highest BCUT2D eigenvalue weighted by atomic mass is 32.1. The molecule has 1 saturated carbocycles. The lowest BCUT2D eigenvalue weighted by Crippen LogP contribution is -2.28. The van der Waals surface area contributed by atoms with E-state index < -0.39 is 0 Å². The summed E-state index contributed by atoms with van der Waals surface area (Å²) >= 11 is 5.99. The average Bonchev–Trinajstić information content (AvgIpc) is 2.82. The fourth-order valence-corrected chi connectivity index (χ4v) is 2.97. The number of thiophene rings is 1. The summed E-state index contributed by atoms with van der Waals surface area (Å²) in [6, 6.07) is 4.20. The third-order valence-electron chi connectivity index (χ3n) is 3.18. The largest absolute Gasteiger partial charge is 0.349 e. The van der Waals surface area contributed by atoms with E-state index in [1.807, 2.05) is 18.4 Å². The van der Waals surface area contributed by atoms with Crippen molar-refractivity contribution in [1.29, 1.82) is 0 Å². The van der Waals surface area contributed by atoms with Crippen LogP contribution in [0.1, 0.15) is 37.1 Å². The van der Waals surface area contributed by atoms with Crippen LogP contribution in [0.3, 0.4) is 0 Å². The van der Waals surface area contributed by atoms with Gasteiger partial charge >= 0.3 is 0 Å². The Hall–Kier alpha value is -0.480. The summed E-state index contributed by atoms with van der Waals surface area (Å²) in [6.45, 7) is 2.03. The number of hydrogen-bond donors (Lipinski definition) is 2. The molecule has 2 nitrogen and oxygen atoms in total. The van der Waals surface area contributed by atoms with Gasteiger partial charge in [0.2, 0.25) is 5.91 Å². The second kappa shape index (κ2) is 4.80. The lowest BCUT2D eigenvalue weighted by atomic mass is 10.0. The summed E-state index contributed by atoms with van der Waals surface area (Å²) in [5, 5.41) is 5.09. The maximum Gasteiger partial charge on any atom is 0.221 e. The van der Waals surface area contributed by atoms with Crippen molar-refractivity contribution in [2.45, 2.75) is 32.2 Å². The first-order chi connectivity index (χ1) is 7.65. The molecule has 1 amide bonds. The normalized spacial score (nSPS) is 19.1. The molecule has 4 heteroatoms. The van der Waals surface area contributed by atoms with Crippen molar-refractivity contribution < 1.29 is 4.79 Å². The van der Waals surface area contributed by atoms with Crippen LogP contribution in [0.5, 0.6) is 0 Å². The maximum atomic E-state index is 11.8. The van der Waals surface area contributed by atoms with Crippen LogP contribution in [0, 0.1) is 5.41 Å². The monoisotopic (exact) mass is 255 g/mol. The molecule has 0 aliphatic heterocycles. The first-order valence-corrected chi connectivity index (χ1v) is 7.10. The van der Waals surface area contributed by atoms with Crippen molar-refractivity contribution in [3.8, 4) is 0 Å². The molecule has 88 valence electrons. The van der Waals surface area contributed by atoms with E-state index in [0.717, 1.165) is 18.6 Å². The molecule has 1 unspecified atom stereocenters. The molecule has 1 atom stereocenters. The van der Waals surface area contributed by atoms with Crippen LogP contribution in [-0.2, 0) is 4.79 Å². The summed E-state index contributed by atoms with van der Waals surface area (Å²) in [5.41, 5.74) is 0.211. The van der Waals surface area contributed by atoms with Crippen molar-refractivity contribution in [1.82, 2.24) is 5.32 Å². The number of nitrogens with one attached hydrogen (secondary N) is 1. The van der Waals surface area contributed by atoms with Crippen LogP contribution in [-0.4, -0.2) is 11.7 Å². The third-order valence-corrected chi connectivity index (χ3v) is 4.90. The van der Waals surface area contributed by atoms with Crippen LogP contribution in [0.2, 0.25) is 0 Å². The Kier molecular flexibility index (Phi) is 3.60. The van der Waals surface area contributed by atoms with Crippen molar-refractivity contribution in [3.05, 3.63) is 22.4 Å². The van der Waals surface area contributed by atoms with E-state index in [1.54, 1.807) is 11.3 Å². The molecular formula is C12H17NOS2. The molecule has 0 bridgehead atoms. The molecule has 1 aromatic rings. The minimum atomic E-state index is 0.128. The highest BCUT2D eigenvalue weighted by molar-refractivity contribution is 7.80. The topological polar surface area (TPSA) is 29.1 Å². The second-order valence-electron chi connectivity index (χ2n) is 4.64. The smallest absolute Gasteiger partial charge is 0.221 e. The predicted octanol–water partition coefficient (Wildman–Crippen LogP) is 3.03. The van der Waals surface area contributed by atoms with E-state index in [0.29, 0.717) is 6.42 Å². The second-order valence-corrected chi connectivity index (χ2v) is 5.94. The summed E-state index contributed by atoms with van der Waals surface area (Å²) in [4.78, 5) is 13.0. The van der Waals surface area contributed by atoms with Gasteiger partial charge in [0.1, 0.15) is 0 Å². The van der Waals surface area contributed by atoms with E-state index >= 15 is 0 Å². The summed E-state index contributed by atoms with van der Waals surface area (Å²) in [6.07, 6.45) is 2.93. The number of hydrogen-bond acceptors (Lipinski definition) is 3. The van der Waals surface area contributed by atoms with E-state index in [2.05, 4.69) is 24.0 Å². The number of rotatable bonds is 5. The van der Waals surface area contributed by atoms with Gasteiger partial charge in [-0.1, -0.05) is 6.07 Å². The molecule has 0 saturated heterocycles. The zero-order valence-corrected chi connectivity index (χ0v) is 11.1. The zero-order valence-electron chi connectivity index (χ0n) is 9.40. The highest BCUT2D eigenvalue weighted by Crippen LogP contribution is 2.49. The van der Waals surface area contributed by atoms with E-state index in [4.69, 9.17) is 0 Å². The molecule has 1 N–H and O–H groups in total. The van der Waals surface area contributed by atoms with Crippen LogP contribution in [0.25, 0.3) is 0 Å². The summed E-state index contributed by atoms with van der Waals surface area (Å²) in [5.74, 6) is 0.987. The van der Waals surface area contributed by atoms with Crippen LogP contribution < -0.4 is 5.32 Å². The zero-order chi connectivity index (χ0) is 11.6. The van der Waals surface area contributed by atoms with Crippen molar-refractivity contribution >= 4 is 29.9 Å². The van der Waals surface area contributed by atoms with Crippen LogP contribution in [0.15, 0.2) is 17.5 Å². The third kappa shape index (κ3) is 2.80. The maximum absolute atomic E-state index is 11.8. The fraction of sp³-hybridized carbons (Fsp3) is 0.583. The van der Waals surface area contributed by atoms with Gasteiger partial charge in [-0.25, -0.2) is 0 Å². The standard InChI is InChI=1S/C12H17NOS2/c1-9(10-3-2-6-16-10)13-11(14)7-12(8-15)4-5-12/h2-3,6,9,15H,4-5,7-8H2,1H3,(H,13,14). The van der Waals surface area contributed by atoms with E-state index in [-0.39, 0.29) is 17.4 Å². The summed E-state index contributed by atoms with van der Waals surface area (Å²) in [7, 11) is 0. The molecule has 0 spiro atoms. The Labute approximate surface area is 106 Å². The minimum absolute atomic E-state index is 0.128. The Morgan fingerprint density at radius 1 is 1.69 bits per heavy atom. The van der Waals surface area contributed by atoms with Gasteiger partial charge in [0.25, 0.3) is 0 Å². The van der Waals surface area contributed by atoms with Gasteiger partial charge in [-0.05, 0) is 42.4 Å². The first kappa shape index (κ1) is 12.0. The first-order valence-electron chi connectivity index (χ1n) is 5.59. The average molecular weight is 255 g/mol. The van der Waals surface area contributed by atoms with E-state index in [1.165, 1.54) is 4.88 Å². The quantitative estimate of drug-likeness (QED) is 0.778. The van der Waals surface area contributed by atoms with Crippen molar-refractivity contribution in [3.63, 3.8) is 0 Å². The Morgan fingerprint density at radius 2 is 2.44 bits per heavy atom. The van der Waals surface area contributed by atoms with Crippen molar-refractivity contribution in [2.75, 3.05) is 5.75 Å². The Bertz CT molecular complexity index is 357. The molecule has 1 aliphatic rings. The molecule has 2 rings (SSSR count). The fourth-order valence-electron chi connectivity index (χ4n) is 1.81. The summed E-state index contributed by atoms with van der Waals surface area (Å²) < 4.78 is 0. The lowest BCUT2D eigenvalue weighted by molar-refractivity contribution is -0.122. The molecule has 1 fully saturated rings. The van der Waals surface area contributed by atoms with Crippen LogP contribution in [0.4, 0.5) is 0 Å². The van der Waals surface area contributed by atoms with Gasteiger partial charge < -0.3 is 5.32 Å². The predicted molar refractivity (Wildman–Crippen MR) is 71.0 cm³/mol. The molecule has 0 aromatic carbocycles. The van der Waals surface area contributed by atoms with Gasteiger partial charge in [0, 0.05) is 11.3 Å². The number of amides is 1. The van der Waals surface area contributed by atoms with E-state index in [9.17, 15) is 4.79 Å². The molecule has 1 heterocycles. The van der Waals surface area contributed by atoms with Gasteiger partial charge in [-0.3, -0.25) is 4.79 Å². The molecule has 1 aromatic heterocycles. The van der Waals surface area contributed by atoms with Gasteiger partial charge in [-0.2, -0.15) is 12.6 Å². The van der Waals surface area contributed by atoms with Gasteiger partial charge in [0.15, 0.2) is 0 Å². The molecule has 16 heavy (non-hydrogen) atoms. The minimum Gasteiger partial charge on any atom is -0.349 e. The number of thiol groups is 1. The Balaban J connectivity index is 1.83.